The molecule has 3 rings (SSSR count). The summed E-state index contributed by atoms with van der Waals surface area (Å²) in [6.07, 6.45) is 1.43. The summed E-state index contributed by atoms with van der Waals surface area (Å²) >= 11 is 0. The van der Waals surface area contributed by atoms with Crippen LogP contribution in [0.3, 0.4) is 0 Å². The number of imide groups is 1. The maximum absolute atomic E-state index is 12.7. The Hall–Kier alpha value is -1.73. The summed E-state index contributed by atoms with van der Waals surface area (Å²) in [5.74, 6) is -0.750. The van der Waals surface area contributed by atoms with E-state index >= 15 is 0 Å². The van der Waals surface area contributed by atoms with E-state index in [1.807, 2.05) is 13.8 Å². The number of carbonyl (C=O) groups is 2. The first-order valence-electron chi connectivity index (χ1n) is 7.14. The fourth-order valence-electron chi connectivity index (χ4n) is 3.66. The highest BCUT2D eigenvalue weighted by molar-refractivity contribution is 7.89. The van der Waals surface area contributed by atoms with E-state index in [-0.39, 0.29) is 34.0 Å². The van der Waals surface area contributed by atoms with E-state index in [2.05, 4.69) is 0 Å². The van der Waals surface area contributed by atoms with Crippen molar-refractivity contribution in [2.45, 2.75) is 31.6 Å². The van der Waals surface area contributed by atoms with Crippen LogP contribution in [0.2, 0.25) is 0 Å². The summed E-state index contributed by atoms with van der Waals surface area (Å²) in [6.45, 7) is 3.93. The molecule has 2 N–H and O–H groups in total. The molecule has 2 unspecified atom stereocenters. The molecule has 118 valence electrons. The van der Waals surface area contributed by atoms with Gasteiger partial charge in [0.15, 0.2) is 0 Å². The van der Waals surface area contributed by atoms with Gasteiger partial charge in [0.05, 0.1) is 10.6 Å². The number of anilines is 1. The quantitative estimate of drug-likeness (QED) is 0.829. The van der Waals surface area contributed by atoms with Gasteiger partial charge in [-0.05, 0) is 42.5 Å². The molecule has 1 saturated heterocycles. The first-order chi connectivity index (χ1) is 10.1. The van der Waals surface area contributed by atoms with Gasteiger partial charge in [-0.3, -0.25) is 14.5 Å². The van der Waals surface area contributed by atoms with Crippen LogP contribution >= 0.6 is 0 Å². The van der Waals surface area contributed by atoms with Gasteiger partial charge in [0.2, 0.25) is 21.8 Å². The molecule has 0 radical (unpaired) electrons. The lowest BCUT2D eigenvalue weighted by Gasteiger charge is -2.41. The first kappa shape index (κ1) is 15.2. The van der Waals surface area contributed by atoms with Crippen molar-refractivity contribution >= 4 is 27.5 Å². The second kappa shape index (κ2) is 4.63. The van der Waals surface area contributed by atoms with Crippen LogP contribution in [-0.2, 0) is 19.6 Å². The maximum Gasteiger partial charge on any atom is 0.238 e. The Labute approximate surface area is 129 Å². The van der Waals surface area contributed by atoms with Gasteiger partial charge in [-0.25, -0.2) is 13.6 Å². The molecule has 2 fully saturated rings. The molecule has 1 aromatic carbocycles. The molecular formula is C15H18N2O4S. The molecule has 1 aliphatic heterocycles. The molecule has 1 heterocycles. The third kappa shape index (κ3) is 2.07. The molecule has 0 aromatic heterocycles. The number of carbonyl (C=O) groups excluding carboxylic acids is 2. The van der Waals surface area contributed by atoms with E-state index in [9.17, 15) is 18.0 Å². The number of piperidine rings is 1. The maximum atomic E-state index is 12.7. The van der Waals surface area contributed by atoms with Crippen LogP contribution in [0, 0.1) is 17.3 Å². The van der Waals surface area contributed by atoms with Crippen LogP contribution in [0.15, 0.2) is 29.2 Å². The topological polar surface area (TPSA) is 97.5 Å². The highest BCUT2D eigenvalue weighted by atomic mass is 32.2. The average Bonchev–Trinajstić information content (AvgIpc) is 2.65. The number of nitrogens with zero attached hydrogens (tertiary/aromatic N) is 1. The smallest absolute Gasteiger partial charge is 0.238 e. The van der Waals surface area contributed by atoms with Crippen molar-refractivity contribution in [1.29, 1.82) is 0 Å². The zero-order valence-corrected chi connectivity index (χ0v) is 13.3. The summed E-state index contributed by atoms with van der Waals surface area (Å²) in [5.41, 5.74) is 0.0837. The second-order valence-corrected chi connectivity index (χ2v) is 8.12. The normalized spacial score (nSPS) is 27.3. The van der Waals surface area contributed by atoms with Crippen LogP contribution in [0.4, 0.5) is 5.69 Å². The largest absolute Gasteiger partial charge is 0.274 e. The van der Waals surface area contributed by atoms with Crippen molar-refractivity contribution in [3.05, 3.63) is 24.3 Å². The molecule has 1 saturated carbocycles. The molecule has 2 amide bonds. The van der Waals surface area contributed by atoms with Crippen molar-refractivity contribution < 1.29 is 18.0 Å². The number of nitrogens with two attached hydrogens (primary N) is 1. The summed E-state index contributed by atoms with van der Waals surface area (Å²) < 4.78 is 22.6. The third-order valence-electron chi connectivity index (χ3n) is 5.00. The van der Waals surface area contributed by atoms with E-state index in [1.54, 1.807) is 0 Å². The molecule has 2 atom stereocenters. The van der Waals surface area contributed by atoms with Crippen LogP contribution < -0.4 is 10.0 Å². The van der Waals surface area contributed by atoms with Crippen molar-refractivity contribution in [3.63, 3.8) is 0 Å². The highest BCUT2D eigenvalue weighted by Crippen LogP contribution is 2.52. The number of benzene rings is 1. The monoisotopic (exact) mass is 322 g/mol. The van der Waals surface area contributed by atoms with Gasteiger partial charge in [-0.2, -0.15) is 0 Å². The zero-order valence-electron chi connectivity index (χ0n) is 12.4. The summed E-state index contributed by atoms with van der Waals surface area (Å²) in [5, 5.41) is 5.05. The second-order valence-electron chi connectivity index (χ2n) is 6.55. The van der Waals surface area contributed by atoms with Gasteiger partial charge in [-0.15, -0.1) is 0 Å². The molecule has 7 heteroatoms. The first-order valence-corrected chi connectivity index (χ1v) is 8.69. The van der Waals surface area contributed by atoms with Crippen LogP contribution in [0.25, 0.3) is 0 Å². The number of fused-ring (bicyclic) bond motifs is 2. The molecule has 1 aliphatic carbocycles. The van der Waals surface area contributed by atoms with Crippen molar-refractivity contribution in [2.24, 2.45) is 22.4 Å². The number of rotatable bonds is 2. The molecule has 22 heavy (non-hydrogen) atoms. The molecular weight excluding hydrogens is 304 g/mol. The third-order valence-corrected chi connectivity index (χ3v) is 5.93. The summed E-state index contributed by atoms with van der Waals surface area (Å²) in [4.78, 5) is 26.5. The Morgan fingerprint density at radius 3 is 1.91 bits per heavy atom. The Kier molecular flexibility index (Phi) is 3.19. The lowest BCUT2D eigenvalue weighted by atomic mass is 9.71. The predicted octanol–water partition coefficient (Wildman–Crippen LogP) is 1.26. The standard InChI is InChI=1S/C15H18N2O4S/c1-15(2)11-7-8-12(15)14(19)17(13(11)18)9-3-5-10(6-4-9)22(16,20)21/h3-6,11-12H,7-8H2,1-2H3,(H2,16,20,21). The molecule has 0 spiro atoms. The van der Waals surface area contributed by atoms with Gasteiger partial charge in [-0.1, -0.05) is 13.8 Å². The Morgan fingerprint density at radius 1 is 1.05 bits per heavy atom. The van der Waals surface area contributed by atoms with Crippen LogP contribution in [-0.4, -0.2) is 20.2 Å². The number of hydrogen-bond acceptors (Lipinski definition) is 4. The van der Waals surface area contributed by atoms with Crippen LogP contribution in [0.5, 0.6) is 0 Å². The molecule has 2 aliphatic rings. The number of amides is 2. The molecule has 6 nitrogen and oxygen atoms in total. The Bertz CT molecular complexity index is 726. The van der Waals surface area contributed by atoms with E-state index in [1.165, 1.54) is 29.2 Å². The van der Waals surface area contributed by atoms with Crippen molar-refractivity contribution in [3.8, 4) is 0 Å². The Morgan fingerprint density at radius 2 is 1.50 bits per heavy atom. The lowest BCUT2D eigenvalue weighted by Crippen LogP contribution is -2.54. The highest BCUT2D eigenvalue weighted by Gasteiger charge is 2.57. The minimum Gasteiger partial charge on any atom is -0.274 e. The van der Waals surface area contributed by atoms with Gasteiger partial charge < -0.3 is 0 Å². The van der Waals surface area contributed by atoms with E-state index in [0.29, 0.717) is 18.5 Å². The van der Waals surface area contributed by atoms with Gasteiger partial charge in [0, 0.05) is 11.8 Å². The lowest BCUT2D eigenvalue weighted by molar-refractivity contribution is -0.139. The van der Waals surface area contributed by atoms with Crippen LogP contribution in [0.1, 0.15) is 26.7 Å². The van der Waals surface area contributed by atoms with E-state index in [4.69, 9.17) is 5.14 Å². The minimum absolute atomic E-state index is 0.0449. The van der Waals surface area contributed by atoms with Crippen molar-refractivity contribution in [2.75, 3.05) is 4.90 Å². The molecule has 2 bridgehead atoms. The number of primary sulfonamides is 1. The van der Waals surface area contributed by atoms with E-state index in [0.717, 1.165) is 0 Å². The Balaban J connectivity index is 1.99. The van der Waals surface area contributed by atoms with Gasteiger partial charge in [0.1, 0.15) is 0 Å². The SMILES string of the molecule is CC1(C)C2CCC1C(=O)N(c1ccc(S(N)(=O)=O)cc1)C2=O. The van der Waals surface area contributed by atoms with E-state index < -0.39 is 10.0 Å². The number of hydrogen-bond donors (Lipinski definition) is 1. The summed E-state index contributed by atoms with van der Waals surface area (Å²) in [6, 6.07) is 5.53. The average molecular weight is 322 g/mol. The fourth-order valence-corrected chi connectivity index (χ4v) is 4.18. The number of sulfonamides is 1. The zero-order chi connectivity index (χ0) is 16.3. The fraction of sp³-hybridized carbons (Fsp3) is 0.467. The minimum atomic E-state index is -3.79. The predicted molar refractivity (Wildman–Crippen MR) is 80.3 cm³/mol. The van der Waals surface area contributed by atoms with Gasteiger partial charge in [0.25, 0.3) is 0 Å². The van der Waals surface area contributed by atoms with Gasteiger partial charge >= 0.3 is 0 Å². The summed E-state index contributed by atoms with van der Waals surface area (Å²) in [7, 11) is -3.79. The van der Waals surface area contributed by atoms with Crippen molar-refractivity contribution in [1.82, 2.24) is 0 Å². The molecule has 1 aromatic rings.